The van der Waals surface area contributed by atoms with Gasteiger partial charge in [0.25, 0.3) is 0 Å². The van der Waals surface area contributed by atoms with Crippen molar-refractivity contribution in [2.75, 3.05) is 13.1 Å². The van der Waals surface area contributed by atoms with E-state index in [1.807, 2.05) is 6.07 Å². The summed E-state index contributed by atoms with van der Waals surface area (Å²) >= 11 is 0. The van der Waals surface area contributed by atoms with E-state index in [1.165, 1.54) is 4.90 Å². The molecule has 4 fully saturated rings. The van der Waals surface area contributed by atoms with Crippen molar-refractivity contribution in [3.05, 3.63) is 0 Å². The molecule has 3 aliphatic carbocycles. The maximum absolute atomic E-state index is 13.6. The summed E-state index contributed by atoms with van der Waals surface area (Å²) in [6, 6.07) is 1.63. The number of alkyl halides is 1. The lowest BCUT2D eigenvalue weighted by Gasteiger charge is -2.53. The molecule has 0 radical (unpaired) electrons. The molecule has 2 N–H and O–H groups in total. The second kappa shape index (κ2) is 8.36. The molecule has 7 heteroatoms. The smallest absolute Gasteiger partial charge is 0.237 e. The van der Waals surface area contributed by atoms with Crippen LogP contribution in [0, 0.1) is 16.7 Å². The highest BCUT2D eigenvalue weighted by Gasteiger charge is 2.52. The molecule has 2 bridgehead atoms. The van der Waals surface area contributed by atoms with E-state index >= 15 is 0 Å². The van der Waals surface area contributed by atoms with Crippen LogP contribution in [-0.4, -0.2) is 53.6 Å². The first-order valence-electron chi connectivity index (χ1n) is 10.8. The van der Waals surface area contributed by atoms with E-state index < -0.39 is 12.2 Å². The second-order valence-electron chi connectivity index (χ2n) is 8.93. The molecule has 0 spiro atoms. The summed E-state index contributed by atoms with van der Waals surface area (Å²) in [5.41, 5.74) is -0.359. The van der Waals surface area contributed by atoms with Crippen LogP contribution in [0.1, 0.15) is 71.6 Å². The summed E-state index contributed by atoms with van der Waals surface area (Å²) < 4.78 is 13.6. The number of likely N-dealkylation sites (tertiary alicyclic amines) is 1. The number of nitriles is 1. The van der Waals surface area contributed by atoms with Gasteiger partial charge in [-0.3, -0.25) is 9.59 Å². The topological polar surface area (TPSA) is 85.2 Å². The van der Waals surface area contributed by atoms with E-state index in [0.29, 0.717) is 0 Å². The third-order valence-corrected chi connectivity index (χ3v) is 7.38. The van der Waals surface area contributed by atoms with E-state index in [9.17, 15) is 14.0 Å². The molecule has 2 atom stereocenters. The van der Waals surface area contributed by atoms with Gasteiger partial charge in [-0.2, -0.15) is 5.26 Å². The minimum Gasteiger partial charge on any atom is -0.353 e. The maximum Gasteiger partial charge on any atom is 0.237 e. The van der Waals surface area contributed by atoms with Crippen LogP contribution in [0.2, 0.25) is 0 Å². The zero-order chi connectivity index (χ0) is 20.4. The lowest BCUT2D eigenvalue weighted by atomic mass is 9.57. The number of carbonyl (C=O) groups is 2. The van der Waals surface area contributed by atoms with Crippen LogP contribution < -0.4 is 10.6 Å². The fraction of sp³-hybridized carbons (Fsp3) is 0.857. The van der Waals surface area contributed by atoms with Gasteiger partial charge in [0.15, 0.2) is 0 Å². The molecule has 0 aromatic rings. The molecule has 1 heterocycles. The number of fused-ring (bicyclic) bond motifs is 3. The molecule has 0 aromatic heterocycles. The fourth-order valence-corrected chi connectivity index (χ4v) is 5.17. The van der Waals surface area contributed by atoms with E-state index in [1.54, 1.807) is 0 Å². The van der Waals surface area contributed by atoms with Crippen molar-refractivity contribution in [2.45, 2.75) is 95.4 Å². The second-order valence-corrected chi connectivity index (χ2v) is 8.93. The minimum atomic E-state index is -1.11. The van der Waals surface area contributed by atoms with Crippen molar-refractivity contribution < 1.29 is 14.0 Å². The molecule has 4 aliphatic rings. The summed E-state index contributed by atoms with van der Waals surface area (Å²) in [7, 11) is 0. The maximum atomic E-state index is 13.6. The van der Waals surface area contributed by atoms with Gasteiger partial charge in [0.1, 0.15) is 12.2 Å². The first-order valence-corrected chi connectivity index (χ1v) is 10.8. The predicted octanol–water partition coefficient (Wildman–Crippen LogP) is 2.44. The molecule has 156 valence electrons. The highest BCUT2D eigenvalue weighted by Crippen LogP contribution is 2.52. The van der Waals surface area contributed by atoms with Crippen LogP contribution in [0.4, 0.5) is 4.39 Å². The Labute approximate surface area is 167 Å². The minimum absolute atomic E-state index is 0.0189. The molecule has 4 rings (SSSR count). The number of nitrogens with one attached hydrogen (secondary N) is 2. The van der Waals surface area contributed by atoms with Crippen LogP contribution in [0.3, 0.4) is 0 Å². The molecule has 28 heavy (non-hydrogen) atoms. The van der Waals surface area contributed by atoms with Gasteiger partial charge in [0.2, 0.25) is 11.8 Å². The van der Waals surface area contributed by atoms with Crippen LogP contribution >= 0.6 is 0 Å². The van der Waals surface area contributed by atoms with E-state index in [-0.39, 0.29) is 48.3 Å². The lowest BCUT2D eigenvalue weighted by Crippen LogP contribution is -2.60. The summed E-state index contributed by atoms with van der Waals surface area (Å²) in [4.78, 5) is 26.8. The normalized spacial score (nSPS) is 34.5. The standard InChI is InChI=1S/C21H33FN4O2/c1-3-16(4-2)25-19(28)20-5-8-21(9-6-20,10-7-20)24-13-18(27)26-14-15(22)11-17(26)12-23/h15-17,24H,3-11,13-14H2,1-2H3,(H,25,28)/t15-,17-,20?,21?/m0/s1. The van der Waals surface area contributed by atoms with Crippen LogP contribution in [-0.2, 0) is 9.59 Å². The van der Waals surface area contributed by atoms with E-state index in [4.69, 9.17) is 5.26 Å². The van der Waals surface area contributed by atoms with Crippen molar-refractivity contribution in [1.29, 1.82) is 5.26 Å². The first-order chi connectivity index (χ1) is 13.4. The number of nitrogens with zero attached hydrogens (tertiary/aromatic N) is 2. The molecule has 0 unspecified atom stereocenters. The van der Waals surface area contributed by atoms with Gasteiger partial charge in [0.05, 0.1) is 19.2 Å². The van der Waals surface area contributed by atoms with Gasteiger partial charge >= 0.3 is 0 Å². The van der Waals surface area contributed by atoms with Gasteiger partial charge < -0.3 is 15.5 Å². The molecule has 0 aromatic carbocycles. The van der Waals surface area contributed by atoms with E-state index in [2.05, 4.69) is 24.5 Å². The van der Waals surface area contributed by atoms with Gasteiger partial charge in [-0.15, -0.1) is 0 Å². The molecule has 6 nitrogen and oxygen atoms in total. The van der Waals surface area contributed by atoms with Crippen molar-refractivity contribution in [2.24, 2.45) is 5.41 Å². The number of carbonyl (C=O) groups excluding carboxylic acids is 2. The Balaban J connectivity index is 1.53. The highest BCUT2D eigenvalue weighted by molar-refractivity contribution is 5.83. The lowest BCUT2D eigenvalue weighted by molar-refractivity contribution is -0.140. The van der Waals surface area contributed by atoms with Gasteiger partial charge in [-0.1, -0.05) is 13.8 Å². The van der Waals surface area contributed by atoms with Gasteiger partial charge in [-0.05, 0) is 51.4 Å². The summed E-state index contributed by atoms with van der Waals surface area (Å²) in [6.45, 7) is 4.35. The third kappa shape index (κ3) is 4.03. The van der Waals surface area contributed by atoms with Crippen molar-refractivity contribution >= 4 is 11.8 Å². The summed E-state index contributed by atoms with van der Waals surface area (Å²) in [5.74, 6) is 0.00320. The average Bonchev–Trinajstić information content (AvgIpc) is 3.12. The van der Waals surface area contributed by atoms with Crippen LogP contribution in [0.25, 0.3) is 0 Å². The summed E-state index contributed by atoms with van der Waals surface area (Å²) in [6.07, 6.45) is 6.08. The van der Waals surface area contributed by atoms with Crippen molar-refractivity contribution in [3.8, 4) is 6.07 Å². The Bertz CT molecular complexity index is 618. The first kappa shape index (κ1) is 21.0. The largest absolute Gasteiger partial charge is 0.353 e. The molecule has 1 saturated heterocycles. The fourth-order valence-electron chi connectivity index (χ4n) is 5.17. The number of halogens is 1. The Morgan fingerprint density at radius 3 is 2.32 bits per heavy atom. The molecular weight excluding hydrogens is 359 g/mol. The Morgan fingerprint density at radius 2 is 1.79 bits per heavy atom. The molecular formula is C21H33FN4O2. The highest BCUT2D eigenvalue weighted by atomic mass is 19.1. The monoisotopic (exact) mass is 392 g/mol. The number of rotatable bonds is 7. The zero-order valence-electron chi connectivity index (χ0n) is 17.1. The van der Waals surface area contributed by atoms with E-state index in [0.717, 1.165) is 51.4 Å². The predicted molar refractivity (Wildman–Crippen MR) is 104 cm³/mol. The Kier molecular flexibility index (Phi) is 6.28. The Hall–Kier alpha value is -1.68. The zero-order valence-corrected chi connectivity index (χ0v) is 17.1. The van der Waals surface area contributed by atoms with Crippen molar-refractivity contribution in [1.82, 2.24) is 15.5 Å². The molecule has 2 amide bonds. The Morgan fingerprint density at radius 1 is 1.18 bits per heavy atom. The SMILES string of the molecule is CCC(CC)NC(=O)C12CCC(NCC(=O)N3C[C@@H](F)C[C@H]3C#N)(CC1)CC2. The van der Waals surface area contributed by atoms with Crippen LogP contribution in [0.5, 0.6) is 0 Å². The van der Waals surface area contributed by atoms with Gasteiger partial charge in [0, 0.05) is 23.4 Å². The number of hydrogen-bond donors (Lipinski definition) is 2. The molecule has 3 saturated carbocycles. The number of hydrogen-bond acceptors (Lipinski definition) is 4. The third-order valence-electron chi connectivity index (χ3n) is 7.38. The van der Waals surface area contributed by atoms with Gasteiger partial charge in [-0.25, -0.2) is 4.39 Å². The number of amides is 2. The quantitative estimate of drug-likeness (QED) is 0.697. The average molecular weight is 393 g/mol. The molecule has 1 aliphatic heterocycles. The summed E-state index contributed by atoms with van der Waals surface area (Å²) in [5, 5.41) is 15.8. The van der Waals surface area contributed by atoms with Crippen molar-refractivity contribution in [3.63, 3.8) is 0 Å². The van der Waals surface area contributed by atoms with Crippen LogP contribution in [0.15, 0.2) is 0 Å².